The van der Waals surface area contributed by atoms with Gasteiger partial charge in [-0.25, -0.2) is 29.9 Å². The van der Waals surface area contributed by atoms with Crippen molar-refractivity contribution in [3.63, 3.8) is 0 Å². The second-order valence-electron chi connectivity index (χ2n) is 23.9. The predicted molar refractivity (Wildman–Crippen MR) is 350 cm³/mol. The molecule has 0 spiro atoms. The van der Waals surface area contributed by atoms with Crippen molar-refractivity contribution in [2.75, 3.05) is 0 Å². The molecule has 17 rings (SSSR count). The first-order valence-corrected chi connectivity index (χ1v) is 29.4. The van der Waals surface area contributed by atoms with Gasteiger partial charge in [0.15, 0.2) is 34.9 Å². The zero-order valence-corrected chi connectivity index (χ0v) is 47.8. The Morgan fingerprint density at radius 2 is 0.535 bits per heavy atom. The van der Waals surface area contributed by atoms with E-state index in [-0.39, 0.29) is 10.8 Å². The molecule has 0 radical (unpaired) electrons. The van der Waals surface area contributed by atoms with E-state index in [1.807, 2.05) is 72.8 Å². The third-order valence-corrected chi connectivity index (χ3v) is 18.1. The van der Waals surface area contributed by atoms with Crippen LogP contribution in [0.4, 0.5) is 0 Å². The van der Waals surface area contributed by atoms with Gasteiger partial charge in [0.1, 0.15) is 0 Å². The summed E-state index contributed by atoms with van der Waals surface area (Å²) in [6.45, 7) is 9.51. The van der Waals surface area contributed by atoms with Gasteiger partial charge in [-0.1, -0.05) is 204 Å². The first-order valence-electron chi connectivity index (χ1n) is 29.4. The summed E-state index contributed by atoms with van der Waals surface area (Å²) >= 11 is 0. The molecule has 0 saturated heterocycles. The van der Waals surface area contributed by atoms with Crippen LogP contribution in [-0.2, 0) is 10.8 Å². The summed E-state index contributed by atoms with van der Waals surface area (Å²) in [5.74, 6) is 3.80. The Morgan fingerprint density at radius 3 is 0.895 bits per heavy atom. The smallest absolute Gasteiger partial charge is 0.164 e. The van der Waals surface area contributed by atoms with Crippen molar-refractivity contribution < 1.29 is 0 Å². The largest absolute Gasteiger partial charge is 0.309 e. The molecule has 11 aromatic carbocycles. The Kier molecular flexibility index (Phi) is 10.8. The van der Waals surface area contributed by atoms with Crippen LogP contribution in [0.2, 0.25) is 0 Å². The van der Waals surface area contributed by atoms with Gasteiger partial charge < -0.3 is 9.13 Å². The Balaban J connectivity index is 0.854. The maximum atomic E-state index is 5.19. The lowest BCUT2D eigenvalue weighted by Crippen LogP contribution is -2.26. The first kappa shape index (κ1) is 49.6. The molecule has 15 aromatic rings. The highest BCUT2D eigenvalue weighted by Gasteiger charge is 2.38. The van der Waals surface area contributed by atoms with Crippen LogP contribution in [0.5, 0.6) is 0 Å². The summed E-state index contributed by atoms with van der Waals surface area (Å²) < 4.78 is 4.97. The lowest BCUT2D eigenvalue weighted by Gasteiger charge is -2.35. The van der Waals surface area contributed by atoms with Crippen LogP contribution >= 0.6 is 0 Å². The molecule has 86 heavy (non-hydrogen) atoms. The molecule has 0 aliphatic carbocycles. The normalized spacial score (nSPS) is 13.5. The van der Waals surface area contributed by atoms with Crippen LogP contribution in [0.25, 0.3) is 146 Å². The van der Waals surface area contributed by atoms with E-state index in [4.69, 9.17) is 29.9 Å². The highest BCUT2D eigenvalue weighted by atomic mass is 15.1. The molecule has 2 aliphatic heterocycles. The quantitative estimate of drug-likeness (QED) is 0.151. The number of hydrogen-bond donors (Lipinski definition) is 0. The van der Waals surface area contributed by atoms with Gasteiger partial charge in [0.25, 0.3) is 0 Å². The highest BCUT2D eigenvalue weighted by molar-refractivity contribution is 6.15. The van der Waals surface area contributed by atoms with E-state index in [1.54, 1.807) is 0 Å². The lowest BCUT2D eigenvalue weighted by atomic mass is 9.73. The van der Waals surface area contributed by atoms with Gasteiger partial charge >= 0.3 is 0 Å². The molecule has 8 heteroatoms. The minimum Gasteiger partial charge on any atom is -0.309 e. The standard InChI is InChI=1S/C78H54N8/c1-77(2)61-32-17-19-34-67(61)85-65-38-36-53(75-81-71(47-22-9-5-10-23-47)79-72(82-75)48-24-11-6-12-25-48)41-57(65)59-43-55(45-63(77)69(59)85)51-30-21-31-52(40-51)56-44-60-58-42-54(37-39-66(58)86-68-35-20-18-33-62(68)78(3,4)64(46-56)70(60)86)76-83-73(49-26-13-7-14-27-49)80-74(84-76)50-28-15-8-16-29-50/h5-46H,1-4H3. The van der Waals surface area contributed by atoms with Gasteiger partial charge in [-0.15, -0.1) is 0 Å². The fraction of sp³-hybridized carbons (Fsp3) is 0.0769. The third-order valence-electron chi connectivity index (χ3n) is 18.1. The van der Waals surface area contributed by atoms with Crippen LogP contribution in [0.1, 0.15) is 49.9 Å². The van der Waals surface area contributed by atoms with Crippen molar-refractivity contribution in [2.45, 2.75) is 38.5 Å². The van der Waals surface area contributed by atoms with Crippen LogP contribution < -0.4 is 0 Å². The molecule has 0 N–H and O–H groups in total. The summed E-state index contributed by atoms with van der Waals surface area (Å²) in [5, 5.41) is 4.64. The van der Waals surface area contributed by atoms with Crippen molar-refractivity contribution >= 4 is 43.6 Å². The molecule has 4 aromatic heterocycles. The summed E-state index contributed by atoms with van der Waals surface area (Å²) in [4.78, 5) is 30.8. The predicted octanol–water partition coefficient (Wildman–Crippen LogP) is 18.9. The average Bonchev–Trinajstić information content (AvgIpc) is 1.59. The van der Waals surface area contributed by atoms with E-state index >= 15 is 0 Å². The van der Waals surface area contributed by atoms with Crippen molar-refractivity contribution in [3.05, 3.63) is 277 Å². The van der Waals surface area contributed by atoms with Crippen LogP contribution in [0, 0.1) is 0 Å². The average molecular weight is 1100 g/mol. The Bertz CT molecular complexity index is 4830. The molecule has 2 aliphatic rings. The number of rotatable bonds is 8. The van der Waals surface area contributed by atoms with E-state index in [0.29, 0.717) is 34.9 Å². The molecular formula is C78H54N8. The molecule has 0 saturated carbocycles. The molecule has 8 nitrogen and oxygen atoms in total. The first-order chi connectivity index (χ1) is 42.1. The zero-order chi connectivity index (χ0) is 57.4. The Morgan fingerprint density at radius 1 is 0.233 bits per heavy atom. The zero-order valence-electron chi connectivity index (χ0n) is 47.8. The molecule has 0 fully saturated rings. The maximum absolute atomic E-state index is 5.19. The monoisotopic (exact) mass is 1100 g/mol. The van der Waals surface area contributed by atoms with Crippen molar-refractivity contribution in [1.82, 2.24) is 39.0 Å². The van der Waals surface area contributed by atoms with E-state index in [9.17, 15) is 0 Å². The van der Waals surface area contributed by atoms with Gasteiger partial charge in [0.2, 0.25) is 0 Å². The molecule has 0 bridgehead atoms. The van der Waals surface area contributed by atoms with E-state index in [2.05, 4.69) is 219 Å². The van der Waals surface area contributed by atoms with Crippen molar-refractivity contribution in [3.8, 4) is 102 Å². The lowest BCUT2D eigenvalue weighted by molar-refractivity contribution is 0.630. The van der Waals surface area contributed by atoms with Crippen LogP contribution in [-0.4, -0.2) is 39.0 Å². The molecule has 0 unspecified atom stereocenters. The fourth-order valence-electron chi connectivity index (χ4n) is 13.8. The van der Waals surface area contributed by atoms with E-state index < -0.39 is 0 Å². The number of nitrogens with zero attached hydrogens (tertiary/aromatic N) is 8. The number of aromatic nitrogens is 8. The number of benzene rings is 11. The van der Waals surface area contributed by atoms with Crippen molar-refractivity contribution in [1.29, 1.82) is 0 Å². The van der Waals surface area contributed by atoms with Crippen LogP contribution in [0.15, 0.2) is 255 Å². The molecule has 0 atom stereocenters. The summed E-state index contributed by atoms with van der Waals surface area (Å²) in [7, 11) is 0. The molecule has 0 amide bonds. The maximum Gasteiger partial charge on any atom is 0.164 e. The third kappa shape index (κ3) is 7.62. The number of hydrogen-bond acceptors (Lipinski definition) is 6. The Labute approximate surface area is 497 Å². The second kappa shape index (κ2) is 18.8. The minimum atomic E-state index is -0.310. The van der Waals surface area contributed by atoms with Gasteiger partial charge in [-0.3, -0.25) is 0 Å². The molecule has 406 valence electrons. The summed E-state index contributed by atoms with van der Waals surface area (Å²) in [5.41, 5.74) is 21.8. The minimum absolute atomic E-state index is 0.310. The molecule has 6 heterocycles. The summed E-state index contributed by atoms with van der Waals surface area (Å²) in [6.07, 6.45) is 0. The SMILES string of the molecule is CC1(C)c2ccccc2-n2c3ccc(-c4nc(-c5ccccc5)nc(-c5ccccc5)n4)cc3c3cc(-c4cccc(-c5cc6c7c(c5)c5cc(-c8nc(-c9ccccc9)nc(-c9ccccc9)n8)ccc5n7-c5ccccc5C6(C)C)c4)cc1c32. The Hall–Kier alpha value is -11.0. The highest BCUT2D eigenvalue weighted by Crippen LogP contribution is 2.52. The molecular weight excluding hydrogens is 1050 g/mol. The second-order valence-corrected chi connectivity index (χ2v) is 23.9. The van der Waals surface area contributed by atoms with Gasteiger partial charge in [-0.2, -0.15) is 0 Å². The summed E-state index contributed by atoms with van der Waals surface area (Å²) in [6, 6.07) is 90.9. The van der Waals surface area contributed by atoms with Crippen molar-refractivity contribution in [2.24, 2.45) is 0 Å². The number of para-hydroxylation sites is 2. The van der Waals surface area contributed by atoms with Crippen LogP contribution in [0.3, 0.4) is 0 Å². The topological polar surface area (TPSA) is 87.2 Å². The van der Waals surface area contributed by atoms with Gasteiger partial charge in [0, 0.05) is 65.8 Å². The number of fused-ring (bicyclic) bond motifs is 10. The van der Waals surface area contributed by atoms with Gasteiger partial charge in [0.05, 0.1) is 33.4 Å². The fourth-order valence-corrected chi connectivity index (χ4v) is 13.8. The van der Waals surface area contributed by atoms with Gasteiger partial charge in [-0.05, 0) is 123 Å². The van der Waals surface area contributed by atoms with E-state index in [1.165, 1.54) is 55.4 Å². The van der Waals surface area contributed by atoms with E-state index in [0.717, 1.165) is 77.4 Å².